The lowest BCUT2D eigenvalue weighted by Gasteiger charge is -2.17. The van der Waals surface area contributed by atoms with Gasteiger partial charge in [-0.25, -0.2) is 4.39 Å². The highest BCUT2D eigenvalue weighted by Gasteiger charge is 2.34. The highest BCUT2D eigenvalue weighted by atomic mass is 35.5. The summed E-state index contributed by atoms with van der Waals surface area (Å²) in [4.78, 5) is 0. The maximum absolute atomic E-state index is 13.6. The molecule has 0 radical (unpaired) electrons. The highest BCUT2D eigenvalue weighted by molar-refractivity contribution is 6.30. The molecule has 0 aliphatic carbocycles. The molecule has 1 rings (SSSR count). The molecule has 0 aliphatic heterocycles. The van der Waals surface area contributed by atoms with Gasteiger partial charge in [-0.05, 0) is 18.6 Å². The zero-order chi connectivity index (χ0) is 15.7. The molecule has 2 N–H and O–H groups in total. The number of rotatable bonds is 3. The Bertz CT molecular complexity index is 485. The summed E-state index contributed by atoms with van der Waals surface area (Å²) in [5.41, 5.74) is 3.37. The number of benzene rings is 1. The molecule has 122 valence electrons. The third-order valence-corrected chi connectivity index (χ3v) is 2.80. The van der Waals surface area contributed by atoms with E-state index in [0.717, 1.165) is 0 Å². The van der Waals surface area contributed by atoms with Crippen LogP contribution in [0.25, 0.3) is 0 Å². The molecule has 21 heavy (non-hydrogen) atoms. The van der Waals surface area contributed by atoms with Crippen molar-refractivity contribution in [3.8, 4) is 0 Å². The van der Waals surface area contributed by atoms with E-state index in [1.165, 1.54) is 0 Å². The van der Waals surface area contributed by atoms with Gasteiger partial charge in [-0.1, -0.05) is 11.6 Å². The molecule has 0 heterocycles. The first-order chi connectivity index (χ1) is 8.92. The van der Waals surface area contributed by atoms with E-state index in [9.17, 15) is 30.7 Å². The Balaban J connectivity index is 0.00000400. The lowest BCUT2D eigenvalue weighted by atomic mass is 9.99. The van der Waals surface area contributed by atoms with Crippen molar-refractivity contribution in [3.05, 3.63) is 34.1 Å². The number of halogens is 9. The summed E-state index contributed by atoms with van der Waals surface area (Å²) < 4.78 is 87.2. The maximum atomic E-state index is 13.6. The maximum Gasteiger partial charge on any atom is 0.416 e. The summed E-state index contributed by atoms with van der Waals surface area (Å²) in [6, 6.07) is -0.796. The smallest absolute Gasteiger partial charge is 0.324 e. The Morgan fingerprint density at radius 2 is 1.62 bits per heavy atom. The summed E-state index contributed by atoms with van der Waals surface area (Å²) >= 11 is 5.31. The first-order valence-corrected chi connectivity index (χ1v) is 5.68. The minimum Gasteiger partial charge on any atom is -0.324 e. The Morgan fingerprint density at radius 1 is 1.10 bits per heavy atom. The molecule has 0 unspecified atom stereocenters. The van der Waals surface area contributed by atoms with Crippen LogP contribution in [0.4, 0.5) is 30.7 Å². The summed E-state index contributed by atoms with van der Waals surface area (Å²) in [5, 5.41) is -0.836. The first kappa shape index (κ1) is 20.3. The summed E-state index contributed by atoms with van der Waals surface area (Å²) in [5.74, 6) is -1.24. The van der Waals surface area contributed by atoms with Crippen LogP contribution in [-0.2, 0) is 6.18 Å². The lowest BCUT2D eigenvalue weighted by Crippen LogP contribution is -2.18. The fraction of sp³-hybridized carbons (Fsp3) is 0.455. The van der Waals surface area contributed by atoms with E-state index in [1.54, 1.807) is 0 Å². The Hall–Kier alpha value is -0.730. The van der Waals surface area contributed by atoms with E-state index >= 15 is 0 Å². The highest BCUT2D eigenvalue weighted by Crippen LogP contribution is 2.36. The van der Waals surface area contributed by atoms with Crippen molar-refractivity contribution < 1.29 is 30.7 Å². The van der Waals surface area contributed by atoms with E-state index < -0.39 is 53.2 Å². The van der Waals surface area contributed by atoms with Gasteiger partial charge < -0.3 is 5.73 Å². The number of hydrogen-bond acceptors (Lipinski definition) is 1. The number of nitrogens with two attached hydrogens (primary N) is 1. The van der Waals surface area contributed by atoms with Crippen molar-refractivity contribution in [1.82, 2.24) is 0 Å². The average molecular weight is 360 g/mol. The van der Waals surface area contributed by atoms with Crippen LogP contribution in [0.15, 0.2) is 12.1 Å². The second kappa shape index (κ2) is 7.02. The molecule has 10 heteroatoms. The molecule has 0 aliphatic rings. The topological polar surface area (TPSA) is 26.0 Å². The van der Waals surface area contributed by atoms with Crippen LogP contribution in [-0.4, -0.2) is 6.18 Å². The van der Waals surface area contributed by atoms with Crippen LogP contribution in [0, 0.1) is 5.82 Å². The van der Waals surface area contributed by atoms with Crippen molar-refractivity contribution >= 4 is 24.0 Å². The van der Waals surface area contributed by atoms with E-state index in [1.807, 2.05) is 0 Å². The van der Waals surface area contributed by atoms with Crippen LogP contribution in [0.2, 0.25) is 5.02 Å². The molecule has 0 fully saturated rings. The Labute approximate surface area is 126 Å². The van der Waals surface area contributed by atoms with Crippen molar-refractivity contribution in [2.45, 2.75) is 31.2 Å². The van der Waals surface area contributed by atoms with Crippen LogP contribution < -0.4 is 5.73 Å². The van der Waals surface area contributed by atoms with E-state index in [4.69, 9.17) is 17.3 Å². The molecule has 0 bridgehead atoms. The molecule has 0 aromatic heterocycles. The quantitative estimate of drug-likeness (QED) is 0.731. The van der Waals surface area contributed by atoms with Crippen molar-refractivity contribution in [2.24, 2.45) is 5.73 Å². The molecule has 1 nitrogen and oxygen atoms in total. The van der Waals surface area contributed by atoms with Gasteiger partial charge in [0, 0.05) is 18.0 Å². The third-order valence-electron chi connectivity index (χ3n) is 2.52. The Kier molecular flexibility index (Phi) is 6.78. The SMILES string of the molecule is Cl.N[C@H](CCC(F)(F)F)c1cc(C(F)(F)F)cc(Cl)c1F. The largest absolute Gasteiger partial charge is 0.416 e. The molecule has 0 spiro atoms. The van der Waals surface area contributed by atoms with Crippen LogP contribution in [0.3, 0.4) is 0 Å². The van der Waals surface area contributed by atoms with Crippen molar-refractivity contribution in [2.75, 3.05) is 0 Å². The zero-order valence-corrected chi connectivity index (χ0v) is 11.7. The molecule has 1 atom stereocenters. The minimum atomic E-state index is -4.80. The molecule has 1 aromatic carbocycles. The molecular formula is C11H10Cl2F7N. The van der Waals surface area contributed by atoms with Crippen LogP contribution in [0.5, 0.6) is 0 Å². The van der Waals surface area contributed by atoms with E-state index in [-0.39, 0.29) is 12.4 Å². The normalized spacial score (nSPS) is 13.8. The van der Waals surface area contributed by atoms with Gasteiger partial charge in [-0.3, -0.25) is 0 Å². The fourth-order valence-electron chi connectivity index (χ4n) is 1.52. The standard InChI is InChI=1S/C11H9ClF7N.ClH/c12-7-4-5(11(17,18)19)3-6(9(7)13)8(20)1-2-10(14,15)16;/h3-4,8H,1-2,20H2;1H/t8-;/m1./s1. The van der Waals surface area contributed by atoms with Gasteiger partial charge in [-0.15, -0.1) is 12.4 Å². The molecule has 0 saturated carbocycles. The lowest BCUT2D eigenvalue weighted by molar-refractivity contribution is -0.138. The summed E-state index contributed by atoms with van der Waals surface area (Å²) in [6.45, 7) is 0. The second-order valence-corrected chi connectivity index (χ2v) is 4.53. The second-order valence-electron chi connectivity index (χ2n) is 4.12. The predicted molar refractivity (Wildman–Crippen MR) is 65.9 cm³/mol. The van der Waals surface area contributed by atoms with Gasteiger partial charge in [0.2, 0.25) is 0 Å². The number of alkyl halides is 6. The Morgan fingerprint density at radius 3 is 2.05 bits per heavy atom. The minimum absolute atomic E-state index is 0. The molecule has 0 amide bonds. The van der Waals surface area contributed by atoms with Gasteiger partial charge in [0.25, 0.3) is 0 Å². The van der Waals surface area contributed by atoms with Crippen LogP contribution >= 0.6 is 24.0 Å². The molecular weight excluding hydrogens is 350 g/mol. The fourth-order valence-corrected chi connectivity index (χ4v) is 1.75. The van der Waals surface area contributed by atoms with E-state index in [0.29, 0.717) is 12.1 Å². The average Bonchev–Trinajstić information content (AvgIpc) is 2.27. The van der Waals surface area contributed by atoms with Gasteiger partial charge in [0.15, 0.2) is 0 Å². The first-order valence-electron chi connectivity index (χ1n) is 5.30. The number of hydrogen-bond donors (Lipinski definition) is 1. The molecule has 0 saturated heterocycles. The van der Waals surface area contributed by atoms with Crippen molar-refractivity contribution in [1.29, 1.82) is 0 Å². The van der Waals surface area contributed by atoms with Gasteiger partial charge in [0.05, 0.1) is 10.6 Å². The van der Waals surface area contributed by atoms with Crippen LogP contribution in [0.1, 0.15) is 30.0 Å². The van der Waals surface area contributed by atoms with Gasteiger partial charge >= 0.3 is 12.4 Å². The summed E-state index contributed by atoms with van der Waals surface area (Å²) in [7, 11) is 0. The monoisotopic (exact) mass is 359 g/mol. The molecule has 1 aromatic rings. The third kappa shape index (κ3) is 5.88. The zero-order valence-electron chi connectivity index (χ0n) is 10.2. The van der Waals surface area contributed by atoms with Crippen molar-refractivity contribution in [3.63, 3.8) is 0 Å². The predicted octanol–water partition coefficient (Wildman–Crippen LogP) is 5.26. The van der Waals surface area contributed by atoms with Gasteiger partial charge in [0.1, 0.15) is 5.82 Å². The van der Waals surface area contributed by atoms with E-state index in [2.05, 4.69) is 0 Å². The van der Waals surface area contributed by atoms with Gasteiger partial charge in [-0.2, -0.15) is 26.3 Å². The summed E-state index contributed by atoms with van der Waals surface area (Å²) in [6.07, 6.45) is -11.4.